The zero-order chi connectivity index (χ0) is 34.4. The maximum atomic E-state index is 12.0. The minimum absolute atomic E-state index is 0.114. The molecule has 0 bridgehead atoms. The lowest BCUT2D eigenvalue weighted by molar-refractivity contribution is 0.477. The molecule has 0 spiro atoms. The monoisotopic (exact) mass is 722 g/mol. The number of hydrogen-bond donors (Lipinski definition) is 4. The first kappa shape index (κ1) is 33.0. The molecule has 0 aromatic heterocycles. The van der Waals surface area contributed by atoms with Gasteiger partial charge < -0.3 is 10.2 Å². The van der Waals surface area contributed by atoms with Crippen molar-refractivity contribution >= 4 is 87.7 Å². The molecule has 0 fully saturated rings. The molecule has 6 aromatic rings. The summed E-state index contributed by atoms with van der Waals surface area (Å²) in [6.45, 7) is 0. The van der Waals surface area contributed by atoms with Gasteiger partial charge in [-0.15, -0.1) is 20.5 Å². The van der Waals surface area contributed by atoms with Crippen molar-refractivity contribution in [1.29, 1.82) is 0 Å². The number of aromatic hydroxyl groups is 2. The fourth-order valence-electron chi connectivity index (χ4n) is 4.96. The summed E-state index contributed by atoms with van der Waals surface area (Å²) in [5, 5.41) is 38.3. The number of nitrogens with zero attached hydrogens (tertiary/aromatic N) is 4. The van der Waals surface area contributed by atoms with Gasteiger partial charge in [0.25, 0.3) is 20.2 Å². The molecule has 0 amide bonds. The molecule has 48 heavy (non-hydrogen) atoms. The summed E-state index contributed by atoms with van der Waals surface area (Å²) < 4.78 is 67.3. The Bertz CT molecular complexity index is 2400. The van der Waals surface area contributed by atoms with E-state index < -0.39 is 30.0 Å². The van der Waals surface area contributed by atoms with Crippen LogP contribution < -0.4 is 0 Å². The van der Waals surface area contributed by atoms with Gasteiger partial charge in [0.15, 0.2) is 11.5 Å². The summed E-state index contributed by atoms with van der Waals surface area (Å²) in [4.78, 5) is -0.883. The molecule has 4 N–H and O–H groups in total. The molecule has 12 nitrogen and oxygen atoms in total. The van der Waals surface area contributed by atoms with Crippen LogP contribution in [0.4, 0.5) is 22.7 Å². The van der Waals surface area contributed by atoms with E-state index in [1.807, 2.05) is 0 Å². The molecule has 0 aliphatic heterocycles. The van der Waals surface area contributed by atoms with Gasteiger partial charge in [0, 0.05) is 21.5 Å². The topological polar surface area (TPSA) is 199 Å². The number of phenols is 2. The number of azo groups is 2. The van der Waals surface area contributed by atoms with E-state index in [1.165, 1.54) is 24.3 Å². The maximum Gasteiger partial charge on any atom is 0.295 e. The van der Waals surface area contributed by atoms with Crippen molar-refractivity contribution in [3.05, 3.63) is 107 Å². The van der Waals surface area contributed by atoms with Gasteiger partial charge in [-0.25, -0.2) is 0 Å². The average molecular weight is 724 g/mol. The Morgan fingerprint density at radius 1 is 0.458 bits per heavy atom. The first-order valence-corrected chi connectivity index (χ1v) is 17.2. The van der Waals surface area contributed by atoms with Crippen LogP contribution in [0.3, 0.4) is 0 Å². The van der Waals surface area contributed by atoms with Crippen LogP contribution in [0.25, 0.3) is 32.7 Å². The van der Waals surface area contributed by atoms with E-state index in [4.69, 9.17) is 23.2 Å². The molecular formula is C32H20Cl2N4O8S2. The predicted molar refractivity (Wildman–Crippen MR) is 181 cm³/mol. The van der Waals surface area contributed by atoms with E-state index in [9.17, 15) is 36.2 Å². The summed E-state index contributed by atoms with van der Waals surface area (Å²) in [5.41, 5.74) is 1.22. The average Bonchev–Trinajstić information content (AvgIpc) is 3.04. The van der Waals surface area contributed by atoms with E-state index in [1.54, 1.807) is 60.7 Å². The molecule has 0 heterocycles. The largest absolute Gasteiger partial charge is 0.505 e. The Balaban J connectivity index is 1.28. The van der Waals surface area contributed by atoms with Crippen LogP contribution in [0.1, 0.15) is 0 Å². The first-order valence-electron chi connectivity index (χ1n) is 13.6. The van der Waals surface area contributed by atoms with Gasteiger partial charge in [-0.05, 0) is 47.5 Å². The number of hydrogen-bond acceptors (Lipinski definition) is 10. The minimum atomic E-state index is -4.64. The third-order valence-electron chi connectivity index (χ3n) is 7.23. The molecule has 6 rings (SSSR count). The second-order valence-corrected chi connectivity index (χ2v) is 13.9. The van der Waals surface area contributed by atoms with Crippen molar-refractivity contribution in [2.24, 2.45) is 20.5 Å². The molecule has 0 aliphatic rings. The SMILES string of the molecule is O=S(=O)(O)c1cc(/N=N/c2ccc(-c3ccc(/N=N/c4cc(S(=O)(=O)O)c5ccccc5c4O)c(Cl)c3)cc2Cl)c(O)c2ccccc12. The Morgan fingerprint density at radius 3 is 1.12 bits per heavy atom. The molecule has 242 valence electrons. The summed E-state index contributed by atoms with van der Waals surface area (Å²) in [7, 11) is -9.28. The molecule has 0 atom stereocenters. The fourth-order valence-corrected chi connectivity index (χ4v) is 6.82. The molecule has 0 unspecified atom stereocenters. The van der Waals surface area contributed by atoms with Gasteiger partial charge in [-0.2, -0.15) is 16.8 Å². The molecule has 16 heteroatoms. The highest BCUT2D eigenvalue weighted by molar-refractivity contribution is 7.86. The van der Waals surface area contributed by atoms with Crippen molar-refractivity contribution in [2.45, 2.75) is 9.79 Å². The summed E-state index contributed by atoms with van der Waals surface area (Å²) in [5.74, 6) is -0.674. The standard InChI is InChI=1S/C32H20Cl2N4O8S2/c33-23-13-17(9-11-25(23)35-37-27-15-29(47(41,42)43)19-5-1-3-7-21(19)31(27)39)18-10-12-26(24(34)14-18)36-38-28-16-30(48(44,45)46)20-6-2-4-8-22(20)32(28)40/h1-16,39-40H,(H,41,42,43)(H,44,45,46)/b37-35+,38-36+. The van der Waals surface area contributed by atoms with Gasteiger partial charge in [-0.3, -0.25) is 9.11 Å². The number of benzene rings is 6. The van der Waals surface area contributed by atoms with Gasteiger partial charge in [0.05, 0.1) is 10.0 Å². The summed E-state index contributed by atoms with van der Waals surface area (Å²) >= 11 is 12.9. The van der Waals surface area contributed by atoms with Gasteiger partial charge in [0.1, 0.15) is 32.5 Å². The lowest BCUT2D eigenvalue weighted by Gasteiger charge is -2.09. The third kappa shape index (κ3) is 6.44. The lowest BCUT2D eigenvalue weighted by atomic mass is 10.0. The van der Waals surface area contributed by atoms with Crippen molar-refractivity contribution in [3.8, 4) is 22.6 Å². The second kappa shape index (κ2) is 12.6. The predicted octanol–water partition coefficient (Wildman–Crippen LogP) is 9.70. The van der Waals surface area contributed by atoms with Gasteiger partial charge >= 0.3 is 0 Å². The van der Waals surface area contributed by atoms with Gasteiger partial charge in [-0.1, -0.05) is 83.9 Å². The van der Waals surface area contributed by atoms with Gasteiger partial charge in [0.2, 0.25) is 0 Å². The van der Waals surface area contributed by atoms with Crippen LogP contribution in [0.15, 0.2) is 127 Å². The molecule has 0 saturated carbocycles. The van der Waals surface area contributed by atoms with Crippen LogP contribution in [0, 0.1) is 0 Å². The highest BCUT2D eigenvalue weighted by Crippen LogP contribution is 2.42. The van der Waals surface area contributed by atoms with Crippen LogP contribution >= 0.6 is 23.2 Å². The quantitative estimate of drug-likeness (QED) is 0.0921. The Kier molecular flexibility index (Phi) is 8.63. The minimum Gasteiger partial charge on any atom is -0.505 e. The lowest BCUT2D eigenvalue weighted by Crippen LogP contribution is -1.99. The van der Waals surface area contributed by atoms with Crippen LogP contribution in [0.5, 0.6) is 11.5 Å². The van der Waals surface area contributed by atoms with E-state index >= 15 is 0 Å². The van der Waals surface area contributed by atoms with Crippen molar-refractivity contribution in [3.63, 3.8) is 0 Å². The van der Waals surface area contributed by atoms with Crippen LogP contribution in [-0.4, -0.2) is 36.2 Å². The van der Waals surface area contributed by atoms with Crippen LogP contribution in [-0.2, 0) is 20.2 Å². The fraction of sp³-hybridized carbons (Fsp3) is 0. The number of halogens is 2. The zero-order valence-corrected chi connectivity index (χ0v) is 27.2. The van der Waals surface area contributed by atoms with Crippen molar-refractivity contribution < 1.29 is 36.2 Å². The highest BCUT2D eigenvalue weighted by Gasteiger charge is 2.21. The van der Waals surface area contributed by atoms with E-state index in [0.717, 1.165) is 12.1 Å². The van der Waals surface area contributed by atoms with E-state index in [-0.39, 0.29) is 65.8 Å². The summed E-state index contributed by atoms with van der Waals surface area (Å²) in [6.07, 6.45) is 0. The molecular weight excluding hydrogens is 703 g/mol. The Morgan fingerprint density at radius 2 is 0.792 bits per heavy atom. The smallest absolute Gasteiger partial charge is 0.295 e. The number of fused-ring (bicyclic) bond motifs is 2. The van der Waals surface area contributed by atoms with Crippen molar-refractivity contribution in [1.82, 2.24) is 0 Å². The highest BCUT2D eigenvalue weighted by atomic mass is 35.5. The zero-order valence-electron chi connectivity index (χ0n) is 24.0. The first-order chi connectivity index (χ1) is 22.7. The number of rotatable bonds is 7. The molecule has 0 saturated heterocycles. The number of phenolic OH excluding ortho intramolecular Hbond substituents is 2. The van der Waals surface area contributed by atoms with Crippen LogP contribution in [0.2, 0.25) is 10.0 Å². The Labute approximate surface area is 282 Å². The van der Waals surface area contributed by atoms with E-state index in [0.29, 0.717) is 11.1 Å². The molecule has 0 radical (unpaired) electrons. The van der Waals surface area contributed by atoms with Crippen molar-refractivity contribution in [2.75, 3.05) is 0 Å². The summed E-state index contributed by atoms with van der Waals surface area (Å²) in [6, 6.07) is 23.7. The molecule has 6 aromatic carbocycles. The van der Waals surface area contributed by atoms with E-state index in [2.05, 4.69) is 20.5 Å². The Hall–Kier alpha value is -4.96. The maximum absolute atomic E-state index is 12.0. The molecule has 0 aliphatic carbocycles. The second-order valence-electron chi connectivity index (χ2n) is 10.3. The third-order valence-corrected chi connectivity index (χ3v) is 9.62. The normalized spacial score (nSPS) is 12.5.